The third kappa shape index (κ3) is 5.45. The largest absolute Gasteiger partial charge is 0.0842 e. The SMILES string of the molecule is Cc1cc(Cl)c(C(c2cc(Cl)c(-c3ccc4c5ccccc5c5ccccc5c4c3)c(Cl)c2)c2c(Cl)cc(Cl)cc2Cl)c(Cl)c1. The van der Waals surface area contributed by atoms with Crippen LogP contribution in [0.1, 0.15) is 28.2 Å². The molecule has 7 aromatic rings. The number of halogens is 7. The van der Waals surface area contributed by atoms with E-state index in [4.69, 9.17) is 81.2 Å². The molecule has 0 spiro atoms. The van der Waals surface area contributed by atoms with E-state index in [0.717, 1.165) is 38.4 Å². The van der Waals surface area contributed by atoms with Gasteiger partial charge < -0.3 is 0 Å². The van der Waals surface area contributed by atoms with E-state index in [1.165, 1.54) is 16.2 Å². The molecule has 0 saturated carbocycles. The molecule has 222 valence electrons. The van der Waals surface area contributed by atoms with Gasteiger partial charge >= 0.3 is 0 Å². The summed E-state index contributed by atoms with van der Waals surface area (Å²) in [6.45, 7) is 1.93. The van der Waals surface area contributed by atoms with E-state index in [2.05, 4.69) is 66.7 Å². The number of hydrogen-bond acceptors (Lipinski definition) is 0. The zero-order valence-electron chi connectivity index (χ0n) is 23.5. The molecular weight excluding hydrogens is 705 g/mol. The fourth-order valence-corrected chi connectivity index (χ4v) is 8.96. The van der Waals surface area contributed by atoms with E-state index >= 15 is 0 Å². The van der Waals surface area contributed by atoms with Crippen LogP contribution >= 0.6 is 81.2 Å². The van der Waals surface area contributed by atoms with Crippen molar-refractivity contribution in [3.05, 3.63) is 161 Å². The first-order valence-electron chi connectivity index (χ1n) is 14.0. The standard InChI is InChI=1S/C38H21Cl7/c1-19-12-29(40)37(30(41)13-19)36(38-33(44)17-22(39)18-34(38)45)21-15-31(42)35(32(43)16-21)20-10-11-27-25-8-3-2-6-23(25)24-7-4-5-9-26(24)28(27)14-20/h2-18,36H,1H3. The number of fused-ring (bicyclic) bond motifs is 6. The number of hydrogen-bond donors (Lipinski definition) is 0. The van der Waals surface area contributed by atoms with E-state index in [1.54, 1.807) is 12.1 Å². The lowest BCUT2D eigenvalue weighted by Gasteiger charge is -2.25. The average Bonchev–Trinajstić information content (AvgIpc) is 2.99. The minimum Gasteiger partial charge on any atom is -0.0842 e. The van der Waals surface area contributed by atoms with Crippen molar-refractivity contribution in [2.45, 2.75) is 12.8 Å². The van der Waals surface area contributed by atoms with Gasteiger partial charge in [-0.2, -0.15) is 0 Å². The van der Waals surface area contributed by atoms with Gasteiger partial charge in [0.2, 0.25) is 0 Å². The summed E-state index contributed by atoms with van der Waals surface area (Å²) in [6, 6.07) is 34.0. The fraction of sp³-hybridized carbons (Fsp3) is 0.0526. The van der Waals surface area contributed by atoms with Gasteiger partial charge in [0.1, 0.15) is 0 Å². The molecule has 0 aliphatic heterocycles. The number of benzene rings is 7. The maximum Gasteiger partial charge on any atom is 0.0502 e. The van der Waals surface area contributed by atoms with Crippen molar-refractivity contribution in [1.29, 1.82) is 0 Å². The molecule has 0 aromatic heterocycles. The quantitative estimate of drug-likeness (QED) is 0.125. The Morgan fingerprint density at radius 3 is 1.33 bits per heavy atom. The molecule has 0 radical (unpaired) electrons. The molecule has 1 atom stereocenters. The third-order valence-electron chi connectivity index (χ3n) is 8.28. The van der Waals surface area contributed by atoms with E-state index < -0.39 is 5.92 Å². The van der Waals surface area contributed by atoms with Crippen LogP contribution in [0.15, 0.2) is 103 Å². The predicted octanol–water partition coefficient (Wildman–Crippen LogP) is 14.9. The monoisotopic (exact) mass is 722 g/mol. The fourth-order valence-electron chi connectivity index (χ4n) is 6.39. The highest BCUT2D eigenvalue weighted by Crippen LogP contribution is 2.49. The zero-order chi connectivity index (χ0) is 31.6. The summed E-state index contributed by atoms with van der Waals surface area (Å²) in [7, 11) is 0. The van der Waals surface area contributed by atoms with Gasteiger partial charge in [0, 0.05) is 47.7 Å². The number of aryl methyl sites for hydroxylation is 1. The molecule has 7 aromatic carbocycles. The maximum atomic E-state index is 7.12. The minimum atomic E-state index is -0.584. The molecule has 0 aliphatic rings. The molecule has 0 bridgehead atoms. The van der Waals surface area contributed by atoms with Crippen LogP contribution in [0.25, 0.3) is 43.4 Å². The van der Waals surface area contributed by atoms with E-state index in [-0.39, 0.29) is 0 Å². The van der Waals surface area contributed by atoms with Crippen molar-refractivity contribution in [2.24, 2.45) is 0 Å². The van der Waals surface area contributed by atoms with Crippen LogP contribution < -0.4 is 0 Å². The van der Waals surface area contributed by atoms with Gasteiger partial charge in [0.05, 0.1) is 10.0 Å². The van der Waals surface area contributed by atoms with Crippen molar-refractivity contribution in [2.75, 3.05) is 0 Å². The summed E-state index contributed by atoms with van der Waals surface area (Å²) >= 11 is 47.8. The highest BCUT2D eigenvalue weighted by atomic mass is 35.5. The van der Waals surface area contributed by atoms with Crippen LogP contribution in [0.5, 0.6) is 0 Å². The van der Waals surface area contributed by atoms with Crippen LogP contribution in [0.3, 0.4) is 0 Å². The zero-order valence-corrected chi connectivity index (χ0v) is 28.8. The predicted molar refractivity (Wildman–Crippen MR) is 198 cm³/mol. The Labute approximate surface area is 296 Å². The van der Waals surface area contributed by atoms with Crippen molar-refractivity contribution in [3.63, 3.8) is 0 Å². The second-order valence-electron chi connectivity index (χ2n) is 11.1. The molecule has 0 amide bonds. The first-order valence-corrected chi connectivity index (χ1v) is 16.7. The van der Waals surface area contributed by atoms with Gasteiger partial charge in [-0.25, -0.2) is 0 Å². The van der Waals surface area contributed by atoms with Gasteiger partial charge in [-0.1, -0.05) is 142 Å². The summed E-state index contributed by atoms with van der Waals surface area (Å²) in [5, 5.41) is 10.1. The second-order valence-corrected chi connectivity index (χ2v) is 13.9. The normalized spacial score (nSPS) is 12.4. The molecule has 7 rings (SSSR count). The van der Waals surface area contributed by atoms with Gasteiger partial charge in [-0.3, -0.25) is 0 Å². The van der Waals surface area contributed by atoms with E-state index in [0.29, 0.717) is 46.3 Å². The van der Waals surface area contributed by atoms with Crippen LogP contribution in [0.4, 0.5) is 0 Å². The molecule has 0 saturated heterocycles. The van der Waals surface area contributed by atoms with Gasteiger partial charge in [0.25, 0.3) is 0 Å². The molecule has 1 unspecified atom stereocenters. The van der Waals surface area contributed by atoms with Crippen molar-refractivity contribution in [1.82, 2.24) is 0 Å². The molecule has 0 aliphatic carbocycles. The molecule has 0 nitrogen and oxygen atoms in total. The van der Waals surface area contributed by atoms with Gasteiger partial charge in [-0.15, -0.1) is 0 Å². The lowest BCUT2D eigenvalue weighted by molar-refractivity contribution is 0.977. The molecule has 7 heteroatoms. The minimum absolute atomic E-state index is 0.371. The van der Waals surface area contributed by atoms with Crippen LogP contribution in [-0.2, 0) is 0 Å². The van der Waals surface area contributed by atoms with E-state index in [1.807, 2.05) is 31.2 Å². The summed E-state index contributed by atoms with van der Waals surface area (Å²) < 4.78 is 0. The number of rotatable bonds is 4. The molecule has 0 heterocycles. The summed E-state index contributed by atoms with van der Waals surface area (Å²) in [6.07, 6.45) is 0. The van der Waals surface area contributed by atoms with Crippen molar-refractivity contribution in [3.8, 4) is 11.1 Å². The lowest BCUT2D eigenvalue weighted by atomic mass is 9.83. The van der Waals surface area contributed by atoms with Crippen molar-refractivity contribution < 1.29 is 0 Å². The highest BCUT2D eigenvalue weighted by Gasteiger charge is 2.29. The summed E-state index contributed by atoms with van der Waals surface area (Å²) in [4.78, 5) is 0. The Bertz CT molecular complexity index is 2160. The van der Waals surface area contributed by atoms with Gasteiger partial charge in [0.15, 0.2) is 0 Å². The Hall–Kier alpha value is -2.65. The average molecular weight is 726 g/mol. The summed E-state index contributed by atoms with van der Waals surface area (Å²) in [5.41, 5.74) is 4.50. The Kier molecular flexibility index (Phi) is 8.38. The van der Waals surface area contributed by atoms with Crippen LogP contribution in [0, 0.1) is 6.92 Å². The highest BCUT2D eigenvalue weighted by molar-refractivity contribution is 6.41. The van der Waals surface area contributed by atoms with Crippen molar-refractivity contribution >= 4 is 114 Å². The van der Waals surface area contributed by atoms with Gasteiger partial charge in [-0.05, 0) is 98.4 Å². The molecule has 0 fully saturated rings. The van der Waals surface area contributed by atoms with E-state index in [9.17, 15) is 0 Å². The molecular formula is C38H21Cl7. The smallest absolute Gasteiger partial charge is 0.0502 e. The Morgan fingerprint density at radius 1 is 0.422 bits per heavy atom. The summed E-state index contributed by atoms with van der Waals surface area (Å²) in [5.74, 6) is -0.584. The Morgan fingerprint density at radius 2 is 0.844 bits per heavy atom. The van der Waals surface area contributed by atoms with Crippen LogP contribution in [0.2, 0.25) is 35.2 Å². The first-order chi connectivity index (χ1) is 21.6. The third-order valence-corrected chi connectivity index (χ3v) is 10.3. The molecule has 0 N–H and O–H groups in total. The lowest BCUT2D eigenvalue weighted by Crippen LogP contribution is -2.08. The Balaban J connectivity index is 1.46. The second kappa shape index (κ2) is 12.2. The molecule has 45 heavy (non-hydrogen) atoms. The first kappa shape index (κ1) is 31.0. The van der Waals surface area contributed by atoms with Crippen LogP contribution in [-0.4, -0.2) is 0 Å². The maximum absolute atomic E-state index is 7.12. The topological polar surface area (TPSA) is 0 Å².